The van der Waals surface area contributed by atoms with Crippen molar-refractivity contribution in [3.63, 3.8) is 0 Å². The summed E-state index contributed by atoms with van der Waals surface area (Å²) in [6.07, 6.45) is -0.230. The van der Waals surface area contributed by atoms with Gasteiger partial charge < -0.3 is 21.1 Å². The van der Waals surface area contributed by atoms with E-state index in [1.54, 1.807) is 48.5 Å². The molecule has 0 bridgehead atoms. The topological polar surface area (TPSA) is 130 Å². The zero-order valence-corrected chi connectivity index (χ0v) is 18.5. The highest BCUT2D eigenvalue weighted by Gasteiger charge is 2.58. The molecule has 1 aromatic heterocycles. The molecule has 8 nitrogen and oxygen atoms in total. The van der Waals surface area contributed by atoms with Gasteiger partial charge in [0.2, 0.25) is 17.7 Å². The average molecular weight is 482 g/mol. The molecule has 0 unspecified atom stereocenters. The second-order valence-corrected chi connectivity index (χ2v) is 9.23. The fourth-order valence-corrected chi connectivity index (χ4v) is 6.19. The first kappa shape index (κ1) is 21.2. The van der Waals surface area contributed by atoms with E-state index in [2.05, 4.69) is 5.32 Å². The van der Waals surface area contributed by atoms with Crippen LogP contribution in [0.1, 0.15) is 26.5 Å². The third-order valence-electron chi connectivity index (χ3n) is 5.90. The minimum atomic E-state index is -1.47. The molecule has 4 N–H and O–H groups in total. The van der Waals surface area contributed by atoms with Crippen LogP contribution < -0.4 is 16.0 Å². The van der Waals surface area contributed by atoms with Crippen LogP contribution in [0.5, 0.6) is 0 Å². The van der Waals surface area contributed by atoms with Gasteiger partial charge in [-0.05, 0) is 17.7 Å². The van der Waals surface area contributed by atoms with Gasteiger partial charge in [-0.15, -0.1) is 11.3 Å². The normalized spacial score (nSPS) is 18.8. The van der Waals surface area contributed by atoms with Crippen molar-refractivity contribution in [3.05, 3.63) is 68.9 Å². The molecule has 3 heterocycles. The van der Waals surface area contributed by atoms with Crippen LogP contribution in [0.4, 0.5) is 11.4 Å². The highest BCUT2D eigenvalue weighted by atomic mass is 35.5. The van der Waals surface area contributed by atoms with Gasteiger partial charge in [0.05, 0.1) is 17.0 Å². The SMILES string of the molecule is NC(=O)CN1C(=O)[C@]2(CC(=O)Nc3c2sc(C(=O)O)c3-c2ccccc2Cl)c2ccccc21. The second-order valence-electron chi connectivity index (χ2n) is 7.80. The lowest BCUT2D eigenvalue weighted by atomic mass is 9.74. The summed E-state index contributed by atoms with van der Waals surface area (Å²) in [6, 6.07) is 13.5. The molecule has 2 aliphatic rings. The van der Waals surface area contributed by atoms with E-state index in [9.17, 15) is 24.3 Å². The zero-order valence-electron chi connectivity index (χ0n) is 16.9. The summed E-state index contributed by atoms with van der Waals surface area (Å²) in [5, 5.41) is 13.1. The number of nitrogens with two attached hydrogens (primary N) is 1. The largest absolute Gasteiger partial charge is 0.477 e. The Hall–Kier alpha value is -3.69. The summed E-state index contributed by atoms with van der Waals surface area (Å²) in [5.74, 6) is -2.86. The predicted molar refractivity (Wildman–Crippen MR) is 124 cm³/mol. The second kappa shape index (κ2) is 7.43. The van der Waals surface area contributed by atoms with Crippen LogP contribution in [0.15, 0.2) is 48.5 Å². The van der Waals surface area contributed by atoms with Crippen LogP contribution in [0.25, 0.3) is 11.1 Å². The molecule has 0 saturated heterocycles. The summed E-state index contributed by atoms with van der Waals surface area (Å²) in [7, 11) is 0. The number of benzene rings is 2. The molecule has 3 aromatic rings. The molecule has 166 valence electrons. The number of thiophene rings is 1. The monoisotopic (exact) mass is 481 g/mol. The lowest BCUT2D eigenvalue weighted by molar-refractivity contribution is -0.127. The number of hydrogen-bond acceptors (Lipinski definition) is 5. The van der Waals surface area contributed by atoms with E-state index in [1.807, 2.05) is 0 Å². The molecular formula is C23H16ClN3O5S. The van der Waals surface area contributed by atoms with Crippen molar-refractivity contribution in [2.24, 2.45) is 5.73 Å². The predicted octanol–water partition coefficient (Wildman–Crippen LogP) is 3.23. The van der Waals surface area contributed by atoms with Gasteiger partial charge >= 0.3 is 5.97 Å². The first-order valence-electron chi connectivity index (χ1n) is 9.90. The van der Waals surface area contributed by atoms with Crippen molar-refractivity contribution in [1.82, 2.24) is 0 Å². The van der Waals surface area contributed by atoms with E-state index in [0.717, 1.165) is 11.3 Å². The Labute approximate surface area is 196 Å². The molecule has 2 aromatic carbocycles. The highest BCUT2D eigenvalue weighted by molar-refractivity contribution is 7.15. The number of nitrogens with zero attached hydrogens (tertiary/aromatic N) is 1. The van der Waals surface area contributed by atoms with Crippen molar-refractivity contribution >= 4 is 58.0 Å². The van der Waals surface area contributed by atoms with Crippen LogP contribution in [-0.4, -0.2) is 35.3 Å². The quantitative estimate of drug-likeness (QED) is 0.526. The van der Waals surface area contributed by atoms with Crippen LogP contribution in [0, 0.1) is 0 Å². The summed E-state index contributed by atoms with van der Waals surface area (Å²) < 4.78 is 0. The van der Waals surface area contributed by atoms with E-state index in [0.29, 0.717) is 26.7 Å². The number of carbonyl (C=O) groups excluding carboxylic acids is 3. The fraction of sp³-hybridized carbons (Fsp3) is 0.130. The van der Waals surface area contributed by atoms with E-state index in [4.69, 9.17) is 17.3 Å². The molecule has 0 fully saturated rings. The molecule has 1 atom stereocenters. The number of primary amides is 1. The maximum Gasteiger partial charge on any atom is 0.346 e. The molecule has 10 heteroatoms. The number of nitrogens with one attached hydrogen (secondary N) is 1. The van der Waals surface area contributed by atoms with E-state index in [-0.39, 0.29) is 29.1 Å². The third-order valence-corrected chi connectivity index (χ3v) is 7.57. The number of fused-ring (bicyclic) bond motifs is 4. The summed E-state index contributed by atoms with van der Waals surface area (Å²) in [5.41, 5.74) is 5.83. The number of amides is 3. The van der Waals surface area contributed by atoms with Crippen molar-refractivity contribution in [3.8, 4) is 11.1 Å². The number of rotatable bonds is 4. The van der Waals surface area contributed by atoms with Crippen LogP contribution in [0.2, 0.25) is 5.02 Å². The number of halogens is 1. The Morgan fingerprint density at radius 1 is 1.15 bits per heavy atom. The molecule has 1 spiro atoms. The number of carbonyl (C=O) groups is 4. The highest BCUT2D eigenvalue weighted by Crippen LogP contribution is 2.57. The Morgan fingerprint density at radius 3 is 2.55 bits per heavy atom. The van der Waals surface area contributed by atoms with Crippen molar-refractivity contribution < 1.29 is 24.3 Å². The van der Waals surface area contributed by atoms with Gasteiger partial charge in [-0.3, -0.25) is 14.4 Å². The molecule has 2 aliphatic heterocycles. The van der Waals surface area contributed by atoms with E-state index < -0.39 is 29.1 Å². The lowest BCUT2D eigenvalue weighted by Crippen LogP contribution is -2.47. The summed E-state index contributed by atoms with van der Waals surface area (Å²) in [6.45, 7) is -0.358. The van der Waals surface area contributed by atoms with E-state index in [1.165, 1.54) is 4.90 Å². The Bertz CT molecular complexity index is 1380. The first-order valence-corrected chi connectivity index (χ1v) is 11.1. The first-order chi connectivity index (χ1) is 15.8. The number of carboxylic acid groups (broad SMARTS) is 1. The zero-order chi connectivity index (χ0) is 23.5. The molecule has 0 radical (unpaired) electrons. The van der Waals surface area contributed by atoms with Gasteiger partial charge in [0, 0.05) is 21.8 Å². The van der Waals surface area contributed by atoms with Crippen LogP contribution >= 0.6 is 22.9 Å². The van der Waals surface area contributed by atoms with Crippen LogP contribution in [0.3, 0.4) is 0 Å². The van der Waals surface area contributed by atoms with E-state index >= 15 is 0 Å². The minimum Gasteiger partial charge on any atom is -0.477 e. The maximum atomic E-state index is 13.8. The molecule has 3 amide bonds. The van der Waals surface area contributed by atoms with Gasteiger partial charge in [-0.25, -0.2) is 4.79 Å². The number of para-hydroxylation sites is 1. The van der Waals surface area contributed by atoms with Gasteiger partial charge in [0.25, 0.3) is 0 Å². The number of aromatic carboxylic acids is 1. The molecule has 0 saturated carbocycles. The number of carboxylic acids is 1. The lowest BCUT2D eigenvalue weighted by Gasteiger charge is -2.32. The van der Waals surface area contributed by atoms with Gasteiger partial charge in [0.1, 0.15) is 16.8 Å². The number of anilines is 2. The molecule has 0 aliphatic carbocycles. The van der Waals surface area contributed by atoms with Crippen molar-refractivity contribution in [1.29, 1.82) is 0 Å². The smallest absolute Gasteiger partial charge is 0.346 e. The number of hydrogen-bond donors (Lipinski definition) is 3. The molecule has 5 rings (SSSR count). The van der Waals surface area contributed by atoms with Crippen molar-refractivity contribution in [2.45, 2.75) is 11.8 Å². The fourth-order valence-electron chi connectivity index (χ4n) is 4.66. The Balaban J connectivity index is 1.85. The van der Waals surface area contributed by atoms with Crippen molar-refractivity contribution in [2.75, 3.05) is 16.8 Å². The summed E-state index contributed by atoms with van der Waals surface area (Å²) >= 11 is 7.31. The van der Waals surface area contributed by atoms with Gasteiger partial charge in [-0.1, -0.05) is 48.0 Å². The molecular weight excluding hydrogens is 466 g/mol. The van der Waals surface area contributed by atoms with Gasteiger partial charge in [-0.2, -0.15) is 0 Å². The third kappa shape index (κ3) is 2.96. The molecule has 33 heavy (non-hydrogen) atoms. The minimum absolute atomic E-state index is 0.0479. The summed E-state index contributed by atoms with van der Waals surface area (Å²) in [4.78, 5) is 52.4. The Morgan fingerprint density at radius 2 is 1.85 bits per heavy atom. The standard InChI is InChI=1S/C23H16ClN3O5S/c24-13-7-3-1-5-11(13)17-18-20(33-19(17)21(30)31)23(9-16(29)26-18)12-6-2-4-8-14(12)27(22(23)32)10-15(25)28/h1-8H,9-10H2,(H2,25,28)(H,26,29)(H,30,31)/t23-/m1/s1. The van der Waals surface area contributed by atoms with Gasteiger partial charge in [0.15, 0.2) is 0 Å². The maximum absolute atomic E-state index is 13.8. The van der Waals surface area contributed by atoms with Crippen LogP contribution in [-0.2, 0) is 19.8 Å². The average Bonchev–Trinajstić information content (AvgIpc) is 3.25. The Kier molecular flexibility index (Phi) is 4.77.